The number of amides is 1. The van der Waals surface area contributed by atoms with Gasteiger partial charge in [0.05, 0.1) is 16.9 Å². The second kappa shape index (κ2) is 8.01. The highest BCUT2D eigenvalue weighted by Gasteiger charge is 2.24. The Morgan fingerprint density at radius 1 is 1.38 bits per heavy atom. The molecular weight excluding hydrogens is 347 g/mol. The van der Waals surface area contributed by atoms with Gasteiger partial charge in [-0.25, -0.2) is 4.68 Å². The van der Waals surface area contributed by atoms with E-state index in [1.165, 1.54) is 0 Å². The van der Waals surface area contributed by atoms with Crippen LogP contribution < -0.4 is 10.6 Å². The lowest BCUT2D eigenvalue weighted by Crippen LogP contribution is -2.50. The molecule has 2 atom stereocenters. The van der Waals surface area contributed by atoms with Crippen molar-refractivity contribution in [1.29, 1.82) is 0 Å². The van der Waals surface area contributed by atoms with Crippen LogP contribution in [0.25, 0.3) is 5.69 Å². The van der Waals surface area contributed by atoms with Crippen molar-refractivity contribution in [3.8, 4) is 5.69 Å². The number of nitrogens with one attached hydrogen (secondary N) is 2. The van der Waals surface area contributed by atoms with E-state index in [0.717, 1.165) is 25.2 Å². The van der Waals surface area contributed by atoms with Gasteiger partial charge >= 0.3 is 0 Å². The van der Waals surface area contributed by atoms with Crippen molar-refractivity contribution in [2.24, 2.45) is 5.92 Å². The lowest BCUT2D eigenvalue weighted by Gasteiger charge is -2.30. The van der Waals surface area contributed by atoms with Gasteiger partial charge in [-0.2, -0.15) is 5.10 Å². The summed E-state index contributed by atoms with van der Waals surface area (Å²) < 4.78 is 1.71. The number of carbonyl (C=O) groups is 1. The highest BCUT2D eigenvalue weighted by atomic mass is 35.5. The minimum absolute atomic E-state index is 0. The van der Waals surface area contributed by atoms with E-state index in [2.05, 4.69) is 22.7 Å². The maximum Gasteiger partial charge on any atom is 0.255 e. The molecule has 3 rings (SSSR count). The highest BCUT2D eigenvalue weighted by molar-refractivity contribution is 6.30. The number of nitrogens with zero attached hydrogens (tertiary/aromatic N) is 2. The van der Waals surface area contributed by atoms with Crippen molar-refractivity contribution < 1.29 is 4.79 Å². The first-order chi connectivity index (χ1) is 11.0. The lowest BCUT2D eigenvalue weighted by atomic mass is 9.94. The molecule has 2 unspecified atom stereocenters. The van der Waals surface area contributed by atoms with Crippen molar-refractivity contribution in [3.05, 3.63) is 46.7 Å². The average molecular weight is 369 g/mol. The predicted octanol–water partition coefficient (Wildman–Crippen LogP) is 2.98. The molecule has 0 aliphatic carbocycles. The molecule has 0 radical (unpaired) electrons. The third-order valence-corrected chi connectivity index (χ3v) is 4.63. The molecule has 1 aromatic carbocycles. The maximum absolute atomic E-state index is 12.6. The molecule has 2 N–H and O–H groups in total. The third kappa shape index (κ3) is 4.09. The number of aryl methyl sites for hydroxylation is 1. The van der Waals surface area contributed by atoms with Crippen LogP contribution >= 0.6 is 24.0 Å². The van der Waals surface area contributed by atoms with E-state index < -0.39 is 0 Å². The Morgan fingerprint density at radius 2 is 2.08 bits per heavy atom. The topological polar surface area (TPSA) is 59.0 Å². The summed E-state index contributed by atoms with van der Waals surface area (Å²) in [5.41, 5.74) is 2.20. The SMILES string of the molecule is Cc1nn(-c2ccc(Cl)cc2)cc1C(=O)NC1CNCCC1C.Cl. The zero-order chi connectivity index (χ0) is 16.4. The molecule has 1 amide bonds. The molecule has 2 aromatic rings. The fourth-order valence-corrected chi connectivity index (χ4v) is 2.96. The van der Waals surface area contributed by atoms with E-state index in [-0.39, 0.29) is 24.4 Å². The second-order valence-corrected chi connectivity index (χ2v) is 6.54. The normalized spacial score (nSPS) is 20.3. The van der Waals surface area contributed by atoms with Gasteiger partial charge in [-0.1, -0.05) is 18.5 Å². The maximum atomic E-state index is 12.6. The molecule has 2 heterocycles. The van der Waals surface area contributed by atoms with Crippen LogP contribution in [0.15, 0.2) is 30.5 Å². The minimum Gasteiger partial charge on any atom is -0.348 e. The molecule has 0 bridgehead atoms. The lowest BCUT2D eigenvalue weighted by molar-refractivity contribution is 0.0914. The Kier molecular flexibility index (Phi) is 6.27. The van der Waals surface area contributed by atoms with Gasteiger partial charge in [0.2, 0.25) is 0 Å². The van der Waals surface area contributed by atoms with Crippen LogP contribution in [0.5, 0.6) is 0 Å². The summed E-state index contributed by atoms with van der Waals surface area (Å²) in [7, 11) is 0. The van der Waals surface area contributed by atoms with Crippen LogP contribution in [-0.2, 0) is 0 Å². The smallest absolute Gasteiger partial charge is 0.255 e. The van der Waals surface area contributed by atoms with Gasteiger partial charge in [0.1, 0.15) is 0 Å². The molecule has 24 heavy (non-hydrogen) atoms. The van der Waals surface area contributed by atoms with Crippen LogP contribution in [0.3, 0.4) is 0 Å². The molecule has 1 aliphatic rings. The summed E-state index contributed by atoms with van der Waals surface area (Å²) in [6.45, 7) is 5.86. The summed E-state index contributed by atoms with van der Waals surface area (Å²) in [5, 5.41) is 11.6. The minimum atomic E-state index is -0.0664. The summed E-state index contributed by atoms with van der Waals surface area (Å²) in [4.78, 5) is 12.6. The highest BCUT2D eigenvalue weighted by Crippen LogP contribution is 2.16. The molecule has 1 saturated heterocycles. The number of hydrogen-bond acceptors (Lipinski definition) is 3. The van der Waals surface area contributed by atoms with E-state index in [0.29, 0.717) is 22.2 Å². The van der Waals surface area contributed by atoms with Gasteiger partial charge in [0.25, 0.3) is 5.91 Å². The van der Waals surface area contributed by atoms with Gasteiger partial charge in [0, 0.05) is 23.8 Å². The van der Waals surface area contributed by atoms with E-state index in [4.69, 9.17) is 11.6 Å². The summed E-state index contributed by atoms with van der Waals surface area (Å²) in [5.74, 6) is 0.412. The van der Waals surface area contributed by atoms with Crippen LogP contribution in [0, 0.1) is 12.8 Å². The van der Waals surface area contributed by atoms with E-state index >= 15 is 0 Å². The van der Waals surface area contributed by atoms with Crippen molar-refractivity contribution in [1.82, 2.24) is 20.4 Å². The second-order valence-electron chi connectivity index (χ2n) is 6.10. The Balaban J connectivity index is 0.00000208. The first-order valence-electron chi connectivity index (χ1n) is 7.88. The van der Waals surface area contributed by atoms with Gasteiger partial charge in [0.15, 0.2) is 0 Å². The quantitative estimate of drug-likeness (QED) is 0.875. The summed E-state index contributed by atoms with van der Waals surface area (Å²) >= 11 is 5.91. The molecule has 0 spiro atoms. The monoisotopic (exact) mass is 368 g/mol. The molecule has 130 valence electrons. The van der Waals surface area contributed by atoms with Gasteiger partial charge in [-0.15, -0.1) is 12.4 Å². The van der Waals surface area contributed by atoms with Crippen molar-refractivity contribution in [3.63, 3.8) is 0 Å². The van der Waals surface area contributed by atoms with Crippen LogP contribution in [-0.4, -0.2) is 34.8 Å². The zero-order valence-corrected chi connectivity index (χ0v) is 15.3. The van der Waals surface area contributed by atoms with Crippen LogP contribution in [0.1, 0.15) is 29.4 Å². The van der Waals surface area contributed by atoms with Crippen LogP contribution in [0.2, 0.25) is 5.02 Å². The number of benzene rings is 1. The summed E-state index contributed by atoms with van der Waals surface area (Å²) in [6, 6.07) is 7.54. The number of rotatable bonds is 3. The molecule has 7 heteroatoms. The molecule has 0 saturated carbocycles. The Hall–Kier alpha value is -1.56. The fraction of sp³-hybridized carbons (Fsp3) is 0.412. The summed E-state index contributed by atoms with van der Waals surface area (Å²) in [6.07, 6.45) is 2.85. The largest absolute Gasteiger partial charge is 0.348 e. The van der Waals surface area contributed by atoms with Gasteiger partial charge in [-0.05, 0) is 50.1 Å². The Bertz CT molecular complexity index is 699. The third-order valence-electron chi connectivity index (χ3n) is 4.38. The number of halogens is 2. The molecule has 1 aliphatic heterocycles. The van der Waals surface area contributed by atoms with Crippen molar-refractivity contribution in [2.45, 2.75) is 26.3 Å². The van der Waals surface area contributed by atoms with E-state index in [9.17, 15) is 4.79 Å². The van der Waals surface area contributed by atoms with Crippen molar-refractivity contribution >= 4 is 29.9 Å². The Labute approximate surface area is 153 Å². The first-order valence-corrected chi connectivity index (χ1v) is 8.26. The molecule has 1 fully saturated rings. The fourth-order valence-electron chi connectivity index (χ4n) is 2.84. The number of aromatic nitrogens is 2. The number of piperidine rings is 1. The van der Waals surface area contributed by atoms with Crippen molar-refractivity contribution in [2.75, 3.05) is 13.1 Å². The molecule has 1 aromatic heterocycles. The molecular formula is C17H22Cl2N4O. The predicted molar refractivity (Wildman–Crippen MR) is 98.5 cm³/mol. The van der Waals surface area contributed by atoms with Crippen LogP contribution in [0.4, 0.5) is 0 Å². The van der Waals surface area contributed by atoms with Gasteiger partial charge < -0.3 is 10.6 Å². The first kappa shape index (κ1) is 18.8. The van der Waals surface area contributed by atoms with E-state index in [1.54, 1.807) is 10.9 Å². The number of carbonyl (C=O) groups excluding carboxylic acids is 1. The number of hydrogen-bond donors (Lipinski definition) is 2. The standard InChI is InChI=1S/C17H21ClN4O.ClH/c1-11-7-8-19-9-16(11)20-17(23)15-10-22(21-12(15)2)14-5-3-13(18)4-6-14;/h3-6,10-11,16,19H,7-9H2,1-2H3,(H,20,23);1H. The molecule has 5 nitrogen and oxygen atoms in total. The zero-order valence-electron chi connectivity index (χ0n) is 13.8. The van der Waals surface area contributed by atoms with Gasteiger partial charge in [-0.3, -0.25) is 4.79 Å². The van der Waals surface area contributed by atoms with E-state index in [1.807, 2.05) is 31.2 Å². The Morgan fingerprint density at radius 3 is 2.75 bits per heavy atom. The average Bonchev–Trinajstić information content (AvgIpc) is 2.92.